The van der Waals surface area contributed by atoms with Crippen LogP contribution < -0.4 is 5.32 Å². The molecular weight excluding hydrogens is 260 g/mol. The van der Waals surface area contributed by atoms with Crippen molar-refractivity contribution >= 4 is 17.1 Å². The van der Waals surface area contributed by atoms with E-state index in [1.54, 1.807) is 6.20 Å². The zero-order valence-corrected chi connectivity index (χ0v) is 11.2. The van der Waals surface area contributed by atoms with Crippen molar-refractivity contribution in [2.45, 2.75) is 6.04 Å². The molecule has 2 aromatic heterocycles. The minimum absolute atomic E-state index is 0.00426. The number of nitrogens with zero attached hydrogens (tertiary/aromatic N) is 3. The van der Waals surface area contributed by atoms with E-state index in [1.807, 2.05) is 54.4 Å². The van der Waals surface area contributed by atoms with Gasteiger partial charge < -0.3 is 5.32 Å². The Kier molecular flexibility index (Phi) is 3.19. The van der Waals surface area contributed by atoms with Gasteiger partial charge in [0.2, 0.25) is 0 Å². The molecule has 0 saturated heterocycles. The van der Waals surface area contributed by atoms with Crippen LogP contribution in [0.25, 0.3) is 5.52 Å². The molecule has 0 fully saturated rings. The summed E-state index contributed by atoms with van der Waals surface area (Å²) in [6, 6.07) is 7.82. The Bertz CT molecular complexity index is 707. The first-order chi connectivity index (χ1) is 9.31. The zero-order valence-electron chi connectivity index (χ0n) is 10.4. The van der Waals surface area contributed by atoms with Crippen LogP contribution in [0.2, 0.25) is 5.02 Å². The number of benzene rings is 1. The van der Waals surface area contributed by atoms with E-state index in [0.717, 1.165) is 21.7 Å². The smallest absolute Gasteiger partial charge is 0.0896 e. The molecule has 0 saturated carbocycles. The van der Waals surface area contributed by atoms with Crippen LogP contribution in [0.4, 0.5) is 0 Å². The highest BCUT2D eigenvalue weighted by Gasteiger charge is 2.18. The normalized spacial score (nSPS) is 12.7. The average molecular weight is 273 g/mol. The summed E-state index contributed by atoms with van der Waals surface area (Å²) in [6.07, 6.45) is 7.21. The molecule has 1 unspecified atom stereocenters. The number of rotatable bonds is 3. The van der Waals surface area contributed by atoms with Crippen molar-refractivity contribution in [2.24, 2.45) is 0 Å². The molecule has 1 aromatic carbocycles. The molecule has 0 spiro atoms. The summed E-state index contributed by atoms with van der Waals surface area (Å²) in [6.45, 7) is 0. The molecule has 1 atom stereocenters. The molecule has 0 aliphatic heterocycles. The van der Waals surface area contributed by atoms with Crippen molar-refractivity contribution in [3.05, 3.63) is 65.2 Å². The molecule has 5 heteroatoms. The SMILES string of the molecule is CNC(c1ccccc1Cl)c1cnn2ccncc12. The highest BCUT2D eigenvalue weighted by Crippen LogP contribution is 2.29. The maximum Gasteiger partial charge on any atom is 0.0896 e. The molecule has 1 N–H and O–H groups in total. The Morgan fingerprint density at radius 2 is 2.05 bits per heavy atom. The Hall–Kier alpha value is -1.91. The van der Waals surface area contributed by atoms with Crippen molar-refractivity contribution in [3.63, 3.8) is 0 Å². The molecule has 0 radical (unpaired) electrons. The fourth-order valence-electron chi connectivity index (χ4n) is 2.26. The number of halogens is 1. The lowest BCUT2D eigenvalue weighted by Gasteiger charge is -2.17. The first-order valence-electron chi connectivity index (χ1n) is 6.00. The van der Waals surface area contributed by atoms with Gasteiger partial charge in [-0.1, -0.05) is 29.8 Å². The molecule has 4 nitrogen and oxygen atoms in total. The molecule has 96 valence electrons. The first kappa shape index (κ1) is 12.1. The largest absolute Gasteiger partial charge is 0.309 e. The van der Waals surface area contributed by atoms with E-state index in [9.17, 15) is 0 Å². The zero-order chi connectivity index (χ0) is 13.2. The molecule has 3 aromatic rings. The van der Waals surface area contributed by atoms with Gasteiger partial charge in [-0.25, -0.2) is 4.52 Å². The van der Waals surface area contributed by atoms with Crippen molar-refractivity contribution < 1.29 is 0 Å². The monoisotopic (exact) mass is 272 g/mol. The minimum Gasteiger partial charge on any atom is -0.309 e. The number of aromatic nitrogens is 3. The van der Waals surface area contributed by atoms with Crippen molar-refractivity contribution in [3.8, 4) is 0 Å². The predicted octanol–water partition coefficient (Wildman–Crippen LogP) is 2.69. The molecule has 2 heterocycles. The third kappa shape index (κ3) is 2.09. The van der Waals surface area contributed by atoms with Crippen LogP contribution in [0.15, 0.2) is 49.1 Å². The third-order valence-corrected chi connectivity index (χ3v) is 3.51. The summed E-state index contributed by atoms with van der Waals surface area (Å²) in [7, 11) is 1.91. The maximum atomic E-state index is 6.28. The number of nitrogens with one attached hydrogen (secondary N) is 1. The highest BCUT2D eigenvalue weighted by molar-refractivity contribution is 6.31. The Morgan fingerprint density at radius 1 is 1.21 bits per heavy atom. The van der Waals surface area contributed by atoms with Crippen LogP contribution in [0, 0.1) is 0 Å². The second-order valence-electron chi connectivity index (χ2n) is 4.25. The second kappa shape index (κ2) is 4.99. The number of hydrogen-bond acceptors (Lipinski definition) is 3. The number of hydrogen-bond donors (Lipinski definition) is 1. The maximum absolute atomic E-state index is 6.28. The van der Waals surface area contributed by atoms with E-state index in [-0.39, 0.29) is 6.04 Å². The summed E-state index contributed by atoms with van der Waals surface area (Å²) in [5.74, 6) is 0. The average Bonchev–Trinajstić information content (AvgIpc) is 2.86. The van der Waals surface area contributed by atoms with Crippen molar-refractivity contribution in [2.75, 3.05) is 7.05 Å². The lowest BCUT2D eigenvalue weighted by Crippen LogP contribution is -2.17. The highest BCUT2D eigenvalue weighted by atomic mass is 35.5. The summed E-state index contributed by atoms with van der Waals surface area (Å²) in [5.41, 5.74) is 3.07. The standard InChI is InChI=1S/C14H13ClN4/c1-16-14(10-4-2-3-5-12(10)15)11-8-18-19-7-6-17-9-13(11)19/h2-9,14,16H,1H3. The number of fused-ring (bicyclic) bond motifs is 1. The van der Waals surface area contributed by atoms with Gasteiger partial charge in [-0.3, -0.25) is 4.98 Å². The first-order valence-corrected chi connectivity index (χ1v) is 6.38. The minimum atomic E-state index is -0.00426. The Morgan fingerprint density at radius 3 is 2.84 bits per heavy atom. The Labute approximate surface area is 116 Å². The molecule has 0 aliphatic rings. The lowest BCUT2D eigenvalue weighted by molar-refractivity contribution is 0.696. The van der Waals surface area contributed by atoms with Gasteiger partial charge in [0.15, 0.2) is 0 Å². The van der Waals surface area contributed by atoms with Gasteiger partial charge >= 0.3 is 0 Å². The van der Waals surface area contributed by atoms with Crippen LogP contribution in [0.3, 0.4) is 0 Å². The second-order valence-corrected chi connectivity index (χ2v) is 4.66. The topological polar surface area (TPSA) is 42.2 Å². The fraction of sp³-hybridized carbons (Fsp3) is 0.143. The van der Waals surface area contributed by atoms with Crippen LogP contribution in [-0.2, 0) is 0 Å². The third-order valence-electron chi connectivity index (χ3n) is 3.17. The molecule has 0 aliphatic carbocycles. The van der Waals surface area contributed by atoms with Crippen LogP contribution in [0.1, 0.15) is 17.2 Å². The summed E-state index contributed by atoms with van der Waals surface area (Å²) >= 11 is 6.28. The van der Waals surface area contributed by atoms with Gasteiger partial charge in [-0.05, 0) is 18.7 Å². The lowest BCUT2D eigenvalue weighted by atomic mass is 10.0. The van der Waals surface area contributed by atoms with Crippen LogP contribution in [-0.4, -0.2) is 21.6 Å². The molecule has 3 rings (SSSR count). The van der Waals surface area contributed by atoms with Gasteiger partial charge in [0.1, 0.15) is 0 Å². The molecule has 19 heavy (non-hydrogen) atoms. The Balaban J connectivity index is 2.15. The van der Waals surface area contributed by atoms with Crippen molar-refractivity contribution in [1.29, 1.82) is 0 Å². The fourth-order valence-corrected chi connectivity index (χ4v) is 2.51. The van der Waals surface area contributed by atoms with E-state index < -0.39 is 0 Å². The van der Waals surface area contributed by atoms with Crippen LogP contribution in [0.5, 0.6) is 0 Å². The van der Waals surface area contributed by atoms with Crippen molar-refractivity contribution in [1.82, 2.24) is 19.9 Å². The molecular formula is C14H13ClN4. The van der Waals surface area contributed by atoms with Crippen LogP contribution >= 0.6 is 11.6 Å². The quantitative estimate of drug-likeness (QED) is 0.797. The van der Waals surface area contributed by atoms with Gasteiger partial charge in [0.05, 0.1) is 24.0 Å². The molecule has 0 bridgehead atoms. The van der Waals surface area contributed by atoms with Gasteiger partial charge in [0, 0.05) is 23.0 Å². The summed E-state index contributed by atoms with van der Waals surface area (Å²) in [5, 5.41) is 8.37. The van der Waals surface area contributed by atoms with Gasteiger partial charge in [-0.15, -0.1) is 0 Å². The summed E-state index contributed by atoms with van der Waals surface area (Å²) < 4.78 is 1.81. The van der Waals surface area contributed by atoms with E-state index in [4.69, 9.17) is 11.6 Å². The summed E-state index contributed by atoms with van der Waals surface area (Å²) in [4.78, 5) is 4.16. The van der Waals surface area contributed by atoms with Gasteiger partial charge in [-0.2, -0.15) is 5.10 Å². The van der Waals surface area contributed by atoms with E-state index in [2.05, 4.69) is 15.4 Å². The van der Waals surface area contributed by atoms with Gasteiger partial charge in [0.25, 0.3) is 0 Å². The van der Waals surface area contributed by atoms with E-state index in [1.165, 1.54) is 0 Å². The molecule has 0 amide bonds. The van der Waals surface area contributed by atoms with E-state index in [0.29, 0.717) is 0 Å². The van der Waals surface area contributed by atoms with E-state index >= 15 is 0 Å². The predicted molar refractivity (Wildman–Crippen MR) is 75.3 cm³/mol.